The van der Waals surface area contributed by atoms with Crippen LogP contribution in [0.25, 0.3) is 0 Å². The van der Waals surface area contributed by atoms with Crippen LogP contribution in [-0.2, 0) is 4.74 Å². The second-order valence-corrected chi connectivity index (χ2v) is 4.62. The van der Waals surface area contributed by atoms with Crippen LogP contribution in [0.4, 0.5) is 5.69 Å². The van der Waals surface area contributed by atoms with E-state index in [1.165, 1.54) is 25.7 Å². The largest absolute Gasteiger partial charge is 0.491 e. The van der Waals surface area contributed by atoms with Gasteiger partial charge in [0.1, 0.15) is 12.4 Å². The Morgan fingerprint density at radius 2 is 1.82 bits per heavy atom. The maximum absolute atomic E-state index is 5.59. The Hall–Kier alpha value is -1.22. The standard InChI is InChI=1S/C14H21NO2/c15-13-4-6-14(7-5-13)17-11-10-16-9-8-12-2-1-3-12/h4-7,12H,1-3,8-11,15H2. The van der Waals surface area contributed by atoms with Gasteiger partial charge in [0, 0.05) is 12.3 Å². The van der Waals surface area contributed by atoms with Crippen molar-refractivity contribution < 1.29 is 9.47 Å². The molecule has 0 radical (unpaired) electrons. The summed E-state index contributed by atoms with van der Waals surface area (Å²) < 4.78 is 11.1. The molecular formula is C14H21NO2. The fourth-order valence-electron chi connectivity index (χ4n) is 1.92. The summed E-state index contributed by atoms with van der Waals surface area (Å²) in [5.41, 5.74) is 6.35. The minimum atomic E-state index is 0.606. The average molecular weight is 235 g/mol. The molecule has 1 saturated carbocycles. The zero-order chi connectivity index (χ0) is 11.9. The van der Waals surface area contributed by atoms with E-state index in [9.17, 15) is 0 Å². The molecule has 0 saturated heterocycles. The minimum Gasteiger partial charge on any atom is -0.491 e. The van der Waals surface area contributed by atoms with Crippen molar-refractivity contribution in [3.8, 4) is 5.75 Å². The van der Waals surface area contributed by atoms with Gasteiger partial charge in [0.05, 0.1) is 6.61 Å². The minimum absolute atomic E-state index is 0.606. The Labute approximate surface area is 103 Å². The molecule has 0 atom stereocenters. The Morgan fingerprint density at radius 3 is 2.47 bits per heavy atom. The fourth-order valence-corrected chi connectivity index (χ4v) is 1.92. The van der Waals surface area contributed by atoms with Crippen LogP contribution in [0, 0.1) is 5.92 Å². The molecule has 3 heteroatoms. The molecule has 94 valence electrons. The van der Waals surface area contributed by atoms with E-state index in [-0.39, 0.29) is 0 Å². The number of hydrogen-bond acceptors (Lipinski definition) is 3. The van der Waals surface area contributed by atoms with E-state index in [1.807, 2.05) is 24.3 Å². The van der Waals surface area contributed by atoms with Crippen LogP contribution in [0.3, 0.4) is 0 Å². The van der Waals surface area contributed by atoms with Gasteiger partial charge >= 0.3 is 0 Å². The van der Waals surface area contributed by atoms with E-state index in [2.05, 4.69) is 0 Å². The second kappa shape index (κ2) is 6.50. The molecule has 0 bridgehead atoms. The molecule has 0 aromatic heterocycles. The van der Waals surface area contributed by atoms with Crippen molar-refractivity contribution in [3.05, 3.63) is 24.3 Å². The second-order valence-electron chi connectivity index (χ2n) is 4.62. The van der Waals surface area contributed by atoms with E-state index in [1.54, 1.807) is 0 Å². The Kier molecular flexibility index (Phi) is 4.68. The lowest BCUT2D eigenvalue weighted by atomic mass is 9.83. The molecule has 1 aliphatic rings. The number of nitrogens with two attached hydrogens (primary N) is 1. The molecule has 17 heavy (non-hydrogen) atoms. The lowest BCUT2D eigenvalue weighted by Crippen LogP contribution is -2.15. The van der Waals surface area contributed by atoms with Crippen molar-refractivity contribution in [2.24, 2.45) is 5.92 Å². The summed E-state index contributed by atoms with van der Waals surface area (Å²) in [5, 5.41) is 0. The van der Waals surface area contributed by atoms with Crippen molar-refractivity contribution in [1.29, 1.82) is 0 Å². The van der Waals surface area contributed by atoms with Gasteiger partial charge in [-0.05, 0) is 36.6 Å². The van der Waals surface area contributed by atoms with Gasteiger partial charge in [0.2, 0.25) is 0 Å². The summed E-state index contributed by atoms with van der Waals surface area (Å²) in [6, 6.07) is 7.44. The first-order chi connectivity index (χ1) is 8.34. The molecule has 0 unspecified atom stereocenters. The van der Waals surface area contributed by atoms with Gasteiger partial charge in [-0.15, -0.1) is 0 Å². The highest BCUT2D eigenvalue weighted by atomic mass is 16.5. The topological polar surface area (TPSA) is 44.5 Å². The maximum atomic E-state index is 5.59. The molecule has 1 aromatic carbocycles. The van der Waals surface area contributed by atoms with E-state index in [0.717, 1.165) is 24.0 Å². The van der Waals surface area contributed by atoms with Crippen LogP contribution in [0.15, 0.2) is 24.3 Å². The highest BCUT2D eigenvalue weighted by Gasteiger charge is 2.16. The van der Waals surface area contributed by atoms with Crippen LogP contribution < -0.4 is 10.5 Å². The van der Waals surface area contributed by atoms with E-state index in [4.69, 9.17) is 15.2 Å². The van der Waals surface area contributed by atoms with E-state index >= 15 is 0 Å². The van der Waals surface area contributed by atoms with Crippen molar-refractivity contribution in [3.63, 3.8) is 0 Å². The third-order valence-electron chi connectivity index (χ3n) is 3.27. The van der Waals surface area contributed by atoms with Gasteiger partial charge in [0.25, 0.3) is 0 Å². The molecule has 0 spiro atoms. The number of benzene rings is 1. The number of anilines is 1. The summed E-state index contributed by atoms with van der Waals surface area (Å²) in [6.45, 7) is 2.14. The Bertz CT molecular complexity index is 319. The molecule has 3 nitrogen and oxygen atoms in total. The molecule has 1 aromatic rings. The Morgan fingerprint density at radius 1 is 1.06 bits per heavy atom. The average Bonchev–Trinajstić information content (AvgIpc) is 2.28. The van der Waals surface area contributed by atoms with Crippen LogP contribution in [0.2, 0.25) is 0 Å². The van der Waals surface area contributed by atoms with Gasteiger partial charge in [-0.3, -0.25) is 0 Å². The highest BCUT2D eigenvalue weighted by molar-refractivity contribution is 5.41. The predicted octanol–water partition coefficient (Wildman–Crippen LogP) is 2.85. The van der Waals surface area contributed by atoms with Crippen LogP contribution in [0.5, 0.6) is 5.75 Å². The molecule has 2 rings (SSSR count). The zero-order valence-corrected chi connectivity index (χ0v) is 10.2. The van der Waals surface area contributed by atoms with Gasteiger partial charge in [0.15, 0.2) is 0 Å². The summed E-state index contributed by atoms with van der Waals surface area (Å²) in [6.07, 6.45) is 5.41. The first-order valence-electron chi connectivity index (χ1n) is 6.40. The van der Waals surface area contributed by atoms with Crippen molar-refractivity contribution in [2.75, 3.05) is 25.6 Å². The van der Waals surface area contributed by atoms with Crippen molar-refractivity contribution >= 4 is 5.69 Å². The highest BCUT2D eigenvalue weighted by Crippen LogP contribution is 2.29. The normalized spacial score (nSPS) is 15.5. The van der Waals surface area contributed by atoms with Gasteiger partial charge < -0.3 is 15.2 Å². The van der Waals surface area contributed by atoms with Crippen molar-refractivity contribution in [2.45, 2.75) is 25.7 Å². The SMILES string of the molecule is Nc1ccc(OCCOCCC2CCC2)cc1. The van der Waals surface area contributed by atoms with Gasteiger partial charge in [-0.25, -0.2) is 0 Å². The summed E-state index contributed by atoms with van der Waals surface area (Å²) in [5.74, 6) is 1.77. The molecule has 1 fully saturated rings. The summed E-state index contributed by atoms with van der Waals surface area (Å²) in [7, 11) is 0. The summed E-state index contributed by atoms with van der Waals surface area (Å²) >= 11 is 0. The maximum Gasteiger partial charge on any atom is 0.119 e. The van der Waals surface area contributed by atoms with Gasteiger partial charge in [-0.1, -0.05) is 19.3 Å². The van der Waals surface area contributed by atoms with Crippen LogP contribution in [-0.4, -0.2) is 19.8 Å². The Balaban J connectivity index is 1.49. The third-order valence-corrected chi connectivity index (χ3v) is 3.27. The first-order valence-corrected chi connectivity index (χ1v) is 6.40. The van der Waals surface area contributed by atoms with Crippen LogP contribution in [0.1, 0.15) is 25.7 Å². The fraction of sp³-hybridized carbons (Fsp3) is 0.571. The van der Waals surface area contributed by atoms with E-state index in [0.29, 0.717) is 13.2 Å². The summed E-state index contributed by atoms with van der Waals surface area (Å²) in [4.78, 5) is 0. The zero-order valence-electron chi connectivity index (χ0n) is 10.2. The van der Waals surface area contributed by atoms with E-state index < -0.39 is 0 Å². The number of ether oxygens (including phenoxy) is 2. The smallest absolute Gasteiger partial charge is 0.119 e. The monoisotopic (exact) mass is 235 g/mol. The van der Waals surface area contributed by atoms with Crippen molar-refractivity contribution in [1.82, 2.24) is 0 Å². The lowest BCUT2D eigenvalue weighted by molar-refractivity contribution is 0.0812. The molecule has 1 aliphatic carbocycles. The number of rotatable bonds is 7. The number of nitrogen functional groups attached to an aromatic ring is 1. The van der Waals surface area contributed by atoms with Crippen LogP contribution >= 0.6 is 0 Å². The third kappa shape index (κ3) is 4.27. The number of hydrogen-bond donors (Lipinski definition) is 1. The lowest BCUT2D eigenvalue weighted by Gasteiger charge is -2.24. The molecule has 2 N–H and O–H groups in total. The molecule has 0 aliphatic heterocycles. The molecular weight excluding hydrogens is 214 g/mol. The quantitative estimate of drug-likeness (QED) is 0.584. The molecule has 0 heterocycles. The first kappa shape index (κ1) is 12.2. The van der Waals surface area contributed by atoms with Gasteiger partial charge in [-0.2, -0.15) is 0 Å². The molecule has 0 amide bonds. The predicted molar refractivity (Wildman–Crippen MR) is 69.1 cm³/mol.